The van der Waals surface area contributed by atoms with Gasteiger partial charge in [0, 0.05) is 19.3 Å². The van der Waals surface area contributed by atoms with Crippen molar-refractivity contribution >= 4 is 23.5 Å². The van der Waals surface area contributed by atoms with Crippen molar-refractivity contribution in [3.8, 4) is 0 Å². The topological polar surface area (TPSA) is 75.4 Å². The van der Waals surface area contributed by atoms with Gasteiger partial charge in [0.2, 0.25) is 5.91 Å². The number of rotatable bonds is 4. The molecule has 1 saturated carbocycles. The Hall–Kier alpha value is -1.56. The van der Waals surface area contributed by atoms with Gasteiger partial charge in [-0.25, -0.2) is 0 Å². The van der Waals surface area contributed by atoms with Crippen LogP contribution < -0.4 is 0 Å². The first-order valence-corrected chi connectivity index (χ1v) is 7.53. The van der Waals surface area contributed by atoms with Gasteiger partial charge in [-0.15, -0.1) is 0 Å². The van der Waals surface area contributed by atoms with Crippen LogP contribution in [0.2, 0.25) is 5.02 Å². The molecule has 0 spiro atoms. The fourth-order valence-corrected chi connectivity index (χ4v) is 3.26. The molecule has 2 unspecified atom stereocenters. The second kappa shape index (κ2) is 5.33. The molecule has 2 aliphatic rings. The molecule has 1 saturated heterocycles. The molecule has 2 fully saturated rings. The van der Waals surface area contributed by atoms with Gasteiger partial charge in [0.15, 0.2) is 0 Å². The molecular weight excluding hydrogens is 294 g/mol. The molecular formula is C14H18ClN3O3. The van der Waals surface area contributed by atoms with Crippen LogP contribution in [0.4, 0.5) is 0 Å². The minimum absolute atomic E-state index is 0.0939. The van der Waals surface area contributed by atoms with Crippen LogP contribution in [-0.2, 0) is 16.1 Å². The Morgan fingerprint density at radius 1 is 1.43 bits per heavy atom. The Morgan fingerprint density at radius 3 is 2.67 bits per heavy atom. The van der Waals surface area contributed by atoms with E-state index in [2.05, 4.69) is 5.10 Å². The van der Waals surface area contributed by atoms with Crippen LogP contribution in [0.3, 0.4) is 0 Å². The predicted octanol–water partition coefficient (Wildman–Crippen LogP) is 1.41. The first kappa shape index (κ1) is 14.4. The van der Waals surface area contributed by atoms with Gasteiger partial charge in [-0.3, -0.25) is 14.3 Å². The van der Waals surface area contributed by atoms with E-state index in [0.717, 1.165) is 12.8 Å². The molecule has 1 aromatic rings. The molecule has 1 aliphatic heterocycles. The number of aryl methyl sites for hydroxylation is 1. The van der Waals surface area contributed by atoms with Gasteiger partial charge in [0.05, 0.1) is 16.6 Å². The van der Waals surface area contributed by atoms with Crippen LogP contribution >= 0.6 is 11.6 Å². The maximum absolute atomic E-state index is 12.3. The lowest BCUT2D eigenvalue weighted by atomic mass is 9.92. The summed E-state index contributed by atoms with van der Waals surface area (Å²) in [5, 5.41) is 14.0. The zero-order valence-corrected chi connectivity index (χ0v) is 12.6. The molecule has 0 radical (unpaired) electrons. The average Bonchev–Trinajstić information content (AvgIpc) is 3.07. The first-order valence-electron chi connectivity index (χ1n) is 7.16. The minimum Gasteiger partial charge on any atom is -0.481 e. The molecule has 1 N–H and O–H groups in total. The molecule has 7 heteroatoms. The summed E-state index contributed by atoms with van der Waals surface area (Å²) in [6.45, 7) is 2.75. The highest BCUT2D eigenvalue weighted by Crippen LogP contribution is 2.44. The SMILES string of the molecule is Cc1nn(CC(=O)N2CC(C(=O)O)C(C3CC3)C2)cc1Cl. The summed E-state index contributed by atoms with van der Waals surface area (Å²) >= 11 is 5.92. The highest BCUT2D eigenvalue weighted by Gasteiger charge is 2.46. The molecule has 0 bridgehead atoms. The Labute approximate surface area is 127 Å². The monoisotopic (exact) mass is 311 g/mol. The molecule has 114 valence electrons. The van der Waals surface area contributed by atoms with E-state index in [9.17, 15) is 14.7 Å². The number of hydrogen-bond acceptors (Lipinski definition) is 3. The van der Waals surface area contributed by atoms with Crippen LogP contribution in [0.15, 0.2) is 6.20 Å². The second-order valence-corrected chi connectivity index (χ2v) is 6.41. The van der Waals surface area contributed by atoms with Gasteiger partial charge >= 0.3 is 5.97 Å². The summed E-state index contributed by atoms with van der Waals surface area (Å²) in [6.07, 6.45) is 3.80. The van der Waals surface area contributed by atoms with Crippen LogP contribution in [0.25, 0.3) is 0 Å². The number of aromatic nitrogens is 2. The van der Waals surface area contributed by atoms with E-state index in [1.807, 2.05) is 0 Å². The van der Waals surface area contributed by atoms with Gasteiger partial charge in [-0.1, -0.05) is 11.6 Å². The Kier molecular flexibility index (Phi) is 3.65. The molecule has 6 nitrogen and oxygen atoms in total. The molecule has 21 heavy (non-hydrogen) atoms. The number of halogens is 1. The summed E-state index contributed by atoms with van der Waals surface area (Å²) in [6, 6.07) is 0. The van der Waals surface area contributed by atoms with Crippen molar-refractivity contribution in [2.24, 2.45) is 17.8 Å². The Morgan fingerprint density at radius 2 is 2.14 bits per heavy atom. The van der Waals surface area contributed by atoms with E-state index in [1.54, 1.807) is 18.0 Å². The van der Waals surface area contributed by atoms with Gasteiger partial charge < -0.3 is 10.0 Å². The van der Waals surface area contributed by atoms with Gasteiger partial charge in [0.1, 0.15) is 6.54 Å². The maximum Gasteiger partial charge on any atom is 0.308 e. The third-order valence-electron chi connectivity index (χ3n) is 4.45. The maximum atomic E-state index is 12.3. The van der Waals surface area contributed by atoms with Crippen LogP contribution in [0, 0.1) is 24.7 Å². The van der Waals surface area contributed by atoms with E-state index in [1.165, 1.54) is 4.68 Å². The number of hydrogen-bond donors (Lipinski definition) is 1. The lowest BCUT2D eigenvalue weighted by Gasteiger charge is -2.16. The number of amides is 1. The molecule has 2 heterocycles. The number of nitrogens with zero attached hydrogens (tertiary/aromatic N) is 3. The minimum atomic E-state index is -0.792. The van der Waals surface area contributed by atoms with Crippen molar-refractivity contribution in [3.63, 3.8) is 0 Å². The normalized spacial score (nSPS) is 25.3. The van der Waals surface area contributed by atoms with E-state index in [0.29, 0.717) is 29.7 Å². The zero-order chi connectivity index (χ0) is 15.1. The lowest BCUT2D eigenvalue weighted by molar-refractivity contribution is -0.142. The quantitative estimate of drug-likeness (QED) is 0.912. The summed E-state index contributed by atoms with van der Waals surface area (Å²) in [5.41, 5.74) is 0.685. The van der Waals surface area contributed by atoms with E-state index in [-0.39, 0.29) is 18.4 Å². The van der Waals surface area contributed by atoms with Crippen molar-refractivity contribution in [2.45, 2.75) is 26.3 Å². The smallest absolute Gasteiger partial charge is 0.308 e. The fourth-order valence-electron chi connectivity index (χ4n) is 3.11. The predicted molar refractivity (Wildman–Crippen MR) is 75.9 cm³/mol. The standard InChI is InChI=1S/C14H18ClN3O3/c1-8-12(15)6-18(16-8)7-13(19)17-4-10(9-2-3-9)11(5-17)14(20)21/h6,9-11H,2-5,7H2,1H3,(H,20,21). The van der Waals surface area contributed by atoms with Crippen molar-refractivity contribution < 1.29 is 14.7 Å². The summed E-state index contributed by atoms with van der Waals surface area (Å²) in [4.78, 5) is 25.3. The number of carbonyl (C=O) groups excluding carboxylic acids is 1. The molecule has 3 rings (SSSR count). The molecule has 1 amide bonds. The molecule has 2 atom stereocenters. The summed E-state index contributed by atoms with van der Waals surface area (Å²) in [5.74, 6) is -0.729. The highest BCUT2D eigenvalue weighted by molar-refractivity contribution is 6.31. The largest absolute Gasteiger partial charge is 0.481 e. The number of carbonyl (C=O) groups is 2. The van der Waals surface area contributed by atoms with Crippen molar-refractivity contribution in [1.82, 2.24) is 14.7 Å². The van der Waals surface area contributed by atoms with E-state index >= 15 is 0 Å². The van der Waals surface area contributed by atoms with Crippen LogP contribution in [0.1, 0.15) is 18.5 Å². The van der Waals surface area contributed by atoms with Crippen molar-refractivity contribution in [2.75, 3.05) is 13.1 Å². The Balaban J connectivity index is 1.66. The average molecular weight is 312 g/mol. The fraction of sp³-hybridized carbons (Fsp3) is 0.643. The molecule has 1 aliphatic carbocycles. The zero-order valence-electron chi connectivity index (χ0n) is 11.8. The lowest BCUT2D eigenvalue weighted by Crippen LogP contribution is -2.33. The first-order chi connectivity index (χ1) is 9.95. The third-order valence-corrected chi connectivity index (χ3v) is 4.82. The second-order valence-electron chi connectivity index (χ2n) is 6.00. The van der Waals surface area contributed by atoms with Crippen LogP contribution in [0.5, 0.6) is 0 Å². The number of carboxylic acid groups (broad SMARTS) is 1. The number of carboxylic acids is 1. The van der Waals surface area contributed by atoms with Crippen molar-refractivity contribution in [3.05, 3.63) is 16.9 Å². The molecule has 1 aromatic heterocycles. The summed E-state index contributed by atoms with van der Waals surface area (Å²) in [7, 11) is 0. The van der Waals surface area contributed by atoms with E-state index in [4.69, 9.17) is 11.6 Å². The van der Waals surface area contributed by atoms with Gasteiger partial charge in [0.25, 0.3) is 0 Å². The third kappa shape index (κ3) is 2.90. The van der Waals surface area contributed by atoms with Gasteiger partial charge in [-0.05, 0) is 31.6 Å². The van der Waals surface area contributed by atoms with E-state index < -0.39 is 11.9 Å². The Bertz CT molecular complexity index is 563. The summed E-state index contributed by atoms with van der Waals surface area (Å²) < 4.78 is 1.51. The number of aliphatic carboxylic acids is 1. The van der Waals surface area contributed by atoms with Crippen molar-refractivity contribution in [1.29, 1.82) is 0 Å². The molecule has 0 aromatic carbocycles. The van der Waals surface area contributed by atoms with Crippen LogP contribution in [-0.4, -0.2) is 44.8 Å². The number of likely N-dealkylation sites (tertiary alicyclic amines) is 1. The van der Waals surface area contributed by atoms with Gasteiger partial charge in [-0.2, -0.15) is 5.10 Å². The highest BCUT2D eigenvalue weighted by atomic mass is 35.5.